The number of aromatic nitrogens is 3. The zero-order chi connectivity index (χ0) is 14.1. The molecule has 0 spiro atoms. The number of hydrogen-bond donors (Lipinski definition) is 2. The molecular weight excluding hydrogens is 246 g/mol. The van der Waals surface area contributed by atoms with Crippen LogP contribution in [0.25, 0.3) is 0 Å². The van der Waals surface area contributed by atoms with Crippen molar-refractivity contribution in [2.75, 3.05) is 31.4 Å². The predicted octanol–water partition coefficient (Wildman–Crippen LogP) is 1.47. The second kappa shape index (κ2) is 8.47. The van der Waals surface area contributed by atoms with Gasteiger partial charge >= 0.3 is 6.01 Å². The largest absolute Gasteiger partial charge is 0.463 e. The third kappa shape index (κ3) is 5.69. The van der Waals surface area contributed by atoms with Gasteiger partial charge in [0.25, 0.3) is 0 Å². The molecule has 1 atom stereocenters. The average Bonchev–Trinajstić information content (AvgIpc) is 2.36. The summed E-state index contributed by atoms with van der Waals surface area (Å²) in [6.45, 7) is 5.27. The quantitative estimate of drug-likeness (QED) is 0.700. The fraction of sp³-hybridized carbons (Fsp3) is 0.750. The smallest absolute Gasteiger partial charge is 0.323 e. The van der Waals surface area contributed by atoms with Crippen molar-refractivity contribution in [3.8, 4) is 6.01 Å². The number of anilines is 2. The molecule has 0 aliphatic carbocycles. The van der Waals surface area contributed by atoms with Gasteiger partial charge < -0.3 is 20.5 Å². The molecule has 0 bridgehead atoms. The first-order valence-electron chi connectivity index (χ1n) is 6.59. The van der Waals surface area contributed by atoms with E-state index in [9.17, 15) is 0 Å². The summed E-state index contributed by atoms with van der Waals surface area (Å²) in [6, 6.07) is 0.403. The van der Waals surface area contributed by atoms with Gasteiger partial charge in [-0.25, -0.2) is 0 Å². The number of ether oxygens (including phenoxy) is 2. The lowest BCUT2D eigenvalue weighted by Crippen LogP contribution is -2.26. The minimum Gasteiger partial charge on any atom is -0.463 e. The van der Waals surface area contributed by atoms with Crippen LogP contribution in [0.2, 0.25) is 0 Å². The van der Waals surface area contributed by atoms with Crippen LogP contribution in [0.3, 0.4) is 0 Å². The Kier molecular flexibility index (Phi) is 6.88. The van der Waals surface area contributed by atoms with E-state index in [1.807, 2.05) is 6.92 Å². The SMILES string of the molecule is CCCOc1nc(N)nc(NC(CCC)COC)n1. The normalized spacial score (nSPS) is 12.2. The molecule has 7 heteroatoms. The Morgan fingerprint density at radius 1 is 1.21 bits per heavy atom. The molecule has 7 nitrogen and oxygen atoms in total. The summed E-state index contributed by atoms with van der Waals surface area (Å²) in [5.41, 5.74) is 5.64. The predicted molar refractivity (Wildman–Crippen MR) is 74.2 cm³/mol. The van der Waals surface area contributed by atoms with Gasteiger partial charge in [0.15, 0.2) is 0 Å². The number of nitrogens with one attached hydrogen (secondary N) is 1. The minimum atomic E-state index is 0.149. The number of nitrogen functional groups attached to an aromatic ring is 1. The van der Waals surface area contributed by atoms with E-state index in [1.165, 1.54) is 0 Å². The molecule has 1 aromatic rings. The maximum Gasteiger partial charge on any atom is 0.323 e. The lowest BCUT2D eigenvalue weighted by Gasteiger charge is -2.17. The van der Waals surface area contributed by atoms with Crippen molar-refractivity contribution >= 4 is 11.9 Å². The lowest BCUT2D eigenvalue weighted by molar-refractivity contribution is 0.182. The summed E-state index contributed by atoms with van der Waals surface area (Å²) < 4.78 is 10.5. The number of hydrogen-bond acceptors (Lipinski definition) is 7. The van der Waals surface area contributed by atoms with Crippen LogP contribution in [-0.4, -0.2) is 41.3 Å². The van der Waals surface area contributed by atoms with Crippen LogP contribution in [0.5, 0.6) is 6.01 Å². The van der Waals surface area contributed by atoms with Crippen molar-refractivity contribution in [2.24, 2.45) is 0 Å². The highest BCUT2D eigenvalue weighted by Gasteiger charge is 2.11. The van der Waals surface area contributed by atoms with Crippen molar-refractivity contribution in [1.82, 2.24) is 15.0 Å². The van der Waals surface area contributed by atoms with Crippen molar-refractivity contribution in [3.05, 3.63) is 0 Å². The second-order valence-electron chi connectivity index (χ2n) is 4.23. The summed E-state index contributed by atoms with van der Waals surface area (Å²) in [6.07, 6.45) is 2.89. The number of rotatable bonds is 9. The van der Waals surface area contributed by atoms with E-state index in [2.05, 4.69) is 27.2 Å². The van der Waals surface area contributed by atoms with Crippen LogP contribution in [0.1, 0.15) is 33.1 Å². The molecular formula is C12H23N5O2. The third-order valence-electron chi connectivity index (χ3n) is 2.41. The highest BCUT2D eigenvalue weighted by Crippen LogP contribution is 2.12. The Labute approximate surface area is 113 Å². The Morgan fingerprint density at radius 3 is 2.63 bits per heavy atom. The first-order chi connectivity index (χ1) is 9.19. The molecule has 0 saturated carbocycles. The molecule has 3 N–H and O–H groups in total. The molecule has 0 aliphatic heterocycles. The van der Waals surface area contributed by atoms with Crippen LogP contribution in [0, 0.1) is 0 Å². The molecule has 1 rings (SSSR count). The topological polar surface area (TPSA) is 95.2 Å². The summed E-state index contributed by atoms with van der Waals surface area (Å²) in [5, 5.41) is 3.19. The maximum absolute atomic E-state index is 5.64. The van der Waals surface area contributed by atoms with Gasteiger partial charge in [0.1, 0.15) is 0 Å². The fourth-order valence-electron chi connectivity index (χ4n) is 1.62. The first kappa shape index (κ1) is 15.4. The molecule has 0 radical (unpaired) electrons. The summed E-state index contributed by atoms with van der Waals surface area (Å²) in [5.74, 6) is 0.574. The van der Waals surface area contributed by atoms with Gasteiger partial charge in [0, 0.05) is 7.11 Å². The Hall–Kier alpha value is -1.63. The molecule has 0 aliphatic rings. The molecule has 19 heavy (non-hydrogen) atoms. The Bertz CT molecular complexity index is 369. The maximum atomic E-state index is 5.64. The van der Waals surface area contributed by atoms with Crippen LogP contribution in [-0.2, 0) is 4.74 Å². The van der Waals surface area contributed by atoms with Crippen LogP contribution >= 0.6 is 0 Å². The average molecular weight is 269 g/mol. The van der Waals surface area contributed by atoms with Crippen molar-refractivity contribution in [3.63, 3.8) is 0 Å². The van der Waals surface area contributed by atoms with Gasteiger partial charge in [-0.3, -0.25) is 0 Å². The van der Waals surface area contributed by atoms with Crippen molar-refractivity contribution in [2.45, 2.75) is 39.2 Å². The zero-order valence-electron chi connectivity index (χ0n) is 11.8. The minimum absolute atomic E-state index is 0.149. The summed E-state index contributed by atoms with van der Waals surface area (Å²) in [4.78, 5) is 12.2. The van der Waals surface area contributed by atoms with Gasteiger partial charge in [-0.2, -0.15) is 15.0 Å². The number of methoxy groups -OCH3 is 1. The Balaban J connectivity index is 2.72. The fourth-order valence-corrected chi connectivity index (χ4v) is 1.62. The first-order valence-corrected chi connectivity index (χ1v) is 6.59. The molecule has 0 aromatic carbocycles. The van der Waals surface area contributed by atoms with Crippen LogP contribution in [0.15, 0.2) is 0 Å². The molecule has 0 amide bonds. The van der Waals surface area contributed by atoms with Gasteiger partial charge in [-0.05, 0) is 12.8 Å². The van der Waals surface area contributed by atoms with Crippen LogP contribution < -0.4 is 15.8 Å². The highest BCUT2D eigenvalue weighted by atomic mass is 16.5. The molecule has 1 heterocycles. The zero-order valence-corrected chi connectivity index (χ0v) is 11.8. The van der Waals surface area contributed by atoms with Crippen LogP contribution in [0.4, 0.5) is 11.9 Å². The van der Waals surface area contributed by atoms with Gasteiger partial charge in [-0.1, -0.05) is 20.3 Å². The van der Waals surface area contributed by atoms with E-state index in [1.54, 1.807) is 7.11 Å². The van der Waals surface area contributed by atoms with E-state index in [0.29, 0.717) is 19.2 Å². The molecule has 1 unspecified atom stereocenters. The monoisotopic (exact) mass is 269 g/mol. The lowest BCUT2D eigenvalue weighted by atomic mass is 10.2. The van der Waals surface area contributed by atoms with Crippen molar-refractivity contribution < 1.29 is 9.47 Å². The molecule has 0 saturated heterocycles. The van der Waals surface area contributed by atoms with E-state index < -0.39 is 0 Å². The van der Waals surface area contributed by atoms with Gasteiger partial charge in [-0.15, -0.1) is 0 Å². The highest BCUT2D eigenvalue weighted by molar-refractivity contribution is 5.33. The second-order valence-corrected chi connectivity index (χ2v) is 4.23. The van der Waals surface area contributed by atoms with E-state index in [-0.39, 0.29) is 18.0 Å². The van der Waals surface area contributed by atoms with E-state index in [0.717, 1.165) is 19.3 Å². The van der Waals surface area contributed by atoms with Gasteiger partial charge in [0.05, 0.1) is 19.3 Å². The molecule has 0 fully saturated rings. The molecule has 1 aromatic heterocycles. The summed E-state index contributed by atoms with van der Waals surface area (Å²) in [7, 11) is 1.67. The van der Waals surface area contributed by atoms with E-state index in [4.69, 9.17) is 15.2 Å². The van der Waals surface area contributed by atoms with E-state index >= 15 is 0 Å². The number of nitrogens with zero attached hydrogens (tertiary/aromatic N) is 3. The summed E-state index contributed by atoms with van der Waals surface area (Å²) >= 11 is 0. The van der Waals surface area contributed by atoms with Gasteiger partial charge in [0.2, 0.25) is 11.9 Å². The van der Waals surface area contributed by atoms with Crippen molar-refractivity contribution in [1.29, 1.82) is 0 Å². The Morgan fingerprint density at radius 2 is 2.00 bits per heavy atom. The third-order valence-corrected chi connectivity index (χ3v) is 2.41. The molecule has 108 valence electrons. The number of nitrogens with two attached hydrogens (primary N) is 1. The standard InChI is InChI=1S/C12H23N5O2/c1-4-6-9(8-18-3)14-11-15-10(13)16-12(17-11)19-7-5-2/h9H,4-8H2,1-3H3,(H3,13,14,15,16,17).